The SMILES string of the molecule is C[I-]N1CCC2(CC1)c1ncccc1C[C@H]2N. The van der Waals surface area contributed by atoms with Crippen molar-refractivity contribution in [3.63, 3.8) is 0 Å². The molecule has 3 nitrogen and oxygen atoms in total. The molecule has 94 valence electrons. The van der Waals surface area contributed by atoms with Crippen molar-refractivity contribution < 1.29 is 21.5 Å². The molecule has 1 aliphatic heterocycles. The van der Waals surface area contributed by atoms with E-state index in [0.717, 1.165) is 6.42 Å². The number of hydrogen-bond donors (Lipinski definition) is 1. The fourth-order valence-corrected chi connectivity index (χ4v) is 4.76. The quantitative estimate of drug-likeness (QED) is 0.362. The number of alkyl halides is 1. The maximum absolute atomic E-state index is 6.43. The molecule has 2 heterocycles. The molecule has 1 aliphatic carbocycles. The first-order chi connectivity index (χ1) is 8.26. The number of nitrogens with two attached hydrogens (primary N) is 1. The minimum atomic E-state index is 0.187. The third kappa shape index (κ3) is 1.81. The number of hydrogen-bond acceptors (Lipinski definition) is 3. The van der Waals surface area contributed by atoms with E-state index < -0.39 is 0 Å². The van der Waals surface area contributed by atoms with Crippen molar-refractivity contribution >= 4 is 0 Å². The van der Waals surface area contributed by atoms with E-state index in [0.29, 0.717) is 0 Å². The van der Waals surface area contributed by atoms with Crippen molar-refractivity contribution in [3.05, 3.63) is 29.6 Å². The summed E-state index contributed by atoms with van der Waals surface area (Å²) in [5, 5.41) is 0. The van der Waals surface area contributed by atoms with Crippen molar-refractivity contribution in [1.29, 1.82) is 0 Å². The Balaban J connectivity index is 1.93. The van der Waals surface area contributed by atoms with Gasteiger partial charge in [0.1, 0.15) is 0 Å². The van der Waals surface area contributed by atoms with Crippen LogP contribution in [0.15, 0.2) is 18.3 Å². The maximum atomic E-state index is 6.43. The van der Waals surface area contributed by atoms with Crippen LogP contribution in [0.25, 0.3) is 0 Å². The molecule has 17 heavy (non-hydrogen) atoms. The van der Waals surface area contributed by atoms with Crippen molar-refractivity contribution in [2.75, 3.05) is 18.0 Å². The molecule has 1 atom stereocenters. The summed E-state index contributed by atoms with van der Waals surface area (Å²) in [4.78, 5) is 6.99. The summed E-state index contributed by atoms with van der Waals surface area (Å²) in [7, 11) is 0. The van der Waals surface area contributed by atoms with Crippen LogP contribution in [-0.4, -0.2) is 32.2 Å². The zero-order valence-corrected chi connectivity index (χ0v) is 12.4. The Morgan fingerprint density at radius 1 is 1.47 bits per heavy atom. The van der Waals surface area contributed by atoms with Crippen LogP contribution >= 0.6 is 0 Å². The Bertz CT molecular complexity index is 413. The van der Waals surface area contributed by atoms with E-state index in [9.17, 15) is 0 Å². The van der Waals surface area contributed by atoms with E-state index in [1.807, 2.05) is 12.3 Å². The first kappa shape index (κ1) is 11.9. The molecule has 0 radical (unpaired) electrons. The van der Waals surface area contributed by atoms with Crippen LogP contribution in [0, 0.1) is 0 Å². The van der Waals surface area contributed by atoms with Gasteiger partial charge in [0.2, 0.25) is 0 Å². The number of nitrogens with zero attached hydrogens (tertiary/aromatic N) is 2. The predicted molar refractivity (Wildman–Crippen MR) is 64.3 cm³/mol. The molecule has 0 unspecified atom stereocenters. The number of piperidine rings is 1. The summed E-state index contributed by atoms with van der Waals surface area (Å²) < 4.78 is 2.62. The second kappa shape index (κ2) is 4.48. The van der Waals surface area contributed by atoms with Gasteiger partial charge in [-0.2, -0.15) is 0 Å². The van der Waals surface area contributed by atoms with E-state index in [-0.39, 0.29) is 32.9 Å². The van der Waals surface area contributed by atoms with Gasteiger partial charge in [0.15, 0.2) is 0 Å². The standard InChI is InChI=1S/C13H19IN3/c1-14-17-7-4-13(5-8-17)11(15)9-10-3-2-6-16-12(10)13/h2-3,6,11H,4-5,7-9,15H2,1H3/q-1/t11-/m1/s1. The van der Waals surface area contributed by atoms with Crippen molar-refractivity contribution in [2.45, 2.75) is 30.7 Å². The van der Waals surface area contributed by atoms with Gasteiger partial charge in [-0.3, -0.25) is 0 Å². The Hall–Kier alpha value is -0.200. The molecule has 1 fully saturated rings. The van der Waals surface area contributed by atoms with E-state index in [4.69, 9.17) is 5.73 Å². The van der Waals surface area contributed by atoms with Crippen molar-refractivity contribution in [3.8, 4) is 0 Å². The third-order valence-corrected chi connectivity index (χ3v) is 6.68. The number of halogens is 1. The van der Waals surface area contributed by atoms with Gasteiger partial charge in [0.05, 0.1) is 0 Å². The van der Waals surface area contributed by atoms with Crippen LogP contribution in [0.4, 0.5) is 0 Å². The topological polar surface area (TPSA) is 42.2 Å². The molecule has 3 rings (SSSR count). The Morgan fingerprint density at radius 2 is 2.24 bits per heavy atom. The molecule has 1 aromatic rings. The molecule has 0 saturated carbocycles. The average molecular weight is 344 g/mol. The summed E-state index contributed by atoms with van der Waals surface area (Å²) >= 11 is 0.243. The van der Waals surface area contributed by atoms with E-state index in [1.54, 1.807) is 0 Å². The second-order valence-electron chi connectivity index (χ2n) is 5.06. The summed E-state index contributed by atoms with van der Waals surface area (Å²) in [6.45, 7) is 2.43. The van der Waals surface area contributed by atoms with Crippen LogP contribution in [0.5, 0.6) is 0 Å². The van der Waals surface area contributed by atoms with Gasteiger partial charge >= 0.3 is 114 Å². The Labute approximate surface area is 113 Å². The third-order valence-electron chi connectivity index (χ3n) is 4.35. The minimum absolute atomic E-state index is 0.187. The zero-order valence-electron chi connectivity index (χ0n) is 10.2. The monoisotopic (exact) mass is 344 g/mol. The van der Waals surface area contributed by atoms with Crippen molar-refractivity contribution in [2.24, 2.45) is 5.73 Å². The first-order valence-corrected chi connectivity index (χ1v) is 9.33. The van der Waals surface area contributed by atoms with Gasteiger partial charge < -0.3 is 0 Å². The second-order valence-corrected chi connectivity index (χ2v) is 7.39. The molecular weight excluding hydrogens is 325 g/mol. The Kier molecular flexibility index (Phi) is 3.13. The predicted octanol–water partition coefficient (Wildman–Crippen LogP) is -2.07. The number of fused-ring (bicyclic) bond motifs is 2. The van der Waals surface area contributed by atoms with Gasteiger partial charge in [-0.25, -0.2) is 0 Å². The van der Waals surface area contributed by atoms with E-state index >= 15 is 0 Å². The van der Waals surface area contributed by atoms with Crippen LogP contribution in [0.3, 0.4) is 0 Å². The Morgan fingerprint density at radius 3 is 2.94 bits per heavy atom. The fourth-order valence-electron chi connectivity index (χ4n) is 3.31. The molecule has 2 aliphatic rings. The van der Waals surface area contributed by atoms with E-state index in [2.05, 4.69) is 19.1 Å². The first-order valence-electron chi connectivity index (χ1n) is 6.21. The zero-order chi connectivity index (χ0) is 11.9. The molecular formula is C13H19IN3-. The number of rotatable bonds is 1. The average Bonchev–Trinajstić information content (AvgIpc) is 2.64. The number of aromatic nitrogens is 1. The summed E-state index contributed by atoms with van der Waals surface area (Å²) in [6.07, 6.45) is 5.35. The van der Waals surface area contributed by atoms with Crippen molar-refractivity contribution in [1.82, 2.24) is 8.10 Å². The van der Waals surface area contributed by atoms with Crippen LogP contribution in [0.1, 0.15) is 24.1 Å². The molecule has 1 saturated heterocycles. The molecule has 4 heteroatoms. The summed E-state index contributed by atoms with van der Waals surface area (Å²) in [6, 6.07) is 4.53. The van der Waals surface area contributed by atoms with Gasteiger partial charge in [-0.05, 0) is 0 Å². The van der Waals surface area contributed by atoms with Gasteiger partial charge in [0, 0.05) is 0 Å². The molecule has 0 amide bonds. The molecule has 1 aromatic heterocycles. The molecule has 1 spiro atoms. The van der Waals surface area contributed by atoms with Gasteiger partial charge in [-0.15, -0.1) is 0 Å². The fraction of sp³-hybridized carbons (Fsp3) is 0.615. The molecule has 2 N–H and O–H groups in total. The molecule has 0 aromatic carbocycles. The number of pyridine rings is 1. The van der Waals surface area contributed by atoms with Crippen LogP contribution in [0.2, 0.25) is 0 Å². The molecule has 0 bridgehead atoms. The van der Waals surface area contributed by atoms with Crippen LogP contribution in [-0.2, 0) is 11.8 Å². The van der Waals surface area contributed by atoms with Crippen LogP contribution < -0.4 is 27.2 Å². The van der Waals surface area contributed by atoms with Gasteiger partial charge in [0.25, 0.3) is 0 Å². The van der Waals surface area contributed by atoms with Gasteiger partial charge in [-0.1, -0.05) is 0 Å². The van der Waals surface area contributed by atoms with E-state index in [1.165, 1.54) is 37.2 Å². The summed E-state index contributed by atoms with van der Waals surface area (Å²) in [5.41, 5.74) is 9.31. The normalized spacial score (nSPS) is 27.5. The summed E-state index contributed by atoms with van der Waals surface area (Å²) in [5.74, 6) is 0.